The lowest BCUT2D eigenvalue weighted by Crippen LogP contribution is -2.28. The number of benzene rings is 3. The fourth-order valence-corrected chi connectivity index (χ4v) is 5.96. The molecule has 0 saturated heterocycles. The molecule has 5 rings (SSSR count). The first-order chi connectivity index (χ1) is 18.4. The maximum Gasteiger partial charge on any atom is 0.273 e. The summed E-state index contributed by atoms with van der Waals surface area (Å²) in [5, 5.41) is 3.33. The molecule has 5 aromatic rings. The van der Waals surface area contributed by atoms with Gasteiger partial charge < -0.3 is 0 Å². The molecule has 0 fully saturated rings. The molecule has 2 heterocycles. The van der Waals surface area contributed by atoms with Crippen LogP contribution in [0.4, 0.5) is 0 Å². The highest BCUT2D eigenvalue weighted by atomic mass is 35.5. The Kier molecular flexibility index (Phi) is 7.51. The lowest BCUT2D eigenvalue weighted by molar-refractivity contribution is -0.114. The number of sulfonamides is 1. The number of nitrogens with zero attached hydrogens (tertiary/aromatic N) is 1. The standard InChI is InChI=1S/C30H21ClN2O3S2/c31-25-15-12-24-13-17-26(32-28(24)20-25)16-9-21-7-10-23(11-8-21)27-5-2-1-4-22(27)14-18-29(34)33-38(35,36)30-6-3-19-37-30/h1-20H,(H,33,34)/b16-9+,18-14+. The van der Waals surface area contributed by atoms with Crippen LogP contribution in [0.15, 0.2) is 107 Å². The maximum absolute atomic E-state index is 12.3. The monoisotopic (exact) mass is 556 g/mol. The van der Waals surface area contributed by atoms with Crippen molar-refractivity contribution in [2.24, 2.45) is 0 Å². The van der Waals surface area contributed by atoms with E-state index in [2.05, 4.69) is 9.71 Å². The van der Waals surface area contributed by atoms with Gasteiger partial charge in [0.25, 0.3) is 15.9 Å². The van der Waals surface area contributed by atoms with Crippen molar-refractivity contribution in [1.82, 2.24) is 9.71 Å². The summed E-state index contributed by atoms with van der Waals surface area (Å²) in [7, 11) is -3.88. The van der Waals surface area contributed by atoms with Crippen molar-refractivity contribution in [3.63, 3.8) is 0 Å². The Balaban J connectivity index is 1.31. The van der Waals surface area contributed by atoms with E-state index in [9.17, 15) is 13.2 Å². The molecule has 0 unspecified atom stereocenters. The molecule has 0 spiro atoms. The molecule has 2 aromatic heterocycles. The van der Waals surface area contributed by atoms with E-state index in [1.807, 2.05) is 91.0 Å². The normalized spacial score (nSPS) is 11.9. The molecule has 1 N–H and O–H groups in total. The molecule has 1 amide bonds. The summed E-state index contributed by atoms with van der Waals surface area (Å²) in [5.74, 6) is -0.710. The summed E-state index contributed by atoms with van der Waals surface area (Å²) in [5.41, 5.74) is 5.36. The lowest BCUT2D eigenvalue weighted by atomic mass is 9.98. The molecule has 0 saturated carbocycles. The first-order valence-electron chi connectivity index (χ1n) is 11.6. The molecule has 0 aliphatic carbocycles. The number of fused-ring (bicyclic) bond motifs is 1. The van der Waals surface area contributed by atoms with Crippen LogP contribution in [0.3, 0.4) is 0 Å². The number of thiophene rings is 1. The molecule has 38 heavy (non-hydrogen) atoms. The average molecular weight is 557 g/mol. The Morgan fingerprint density at radius 3 is 2.45 bits per heavy atom. The fourth-order valence-electron chi connectivity index (χ4n) is 3.86. The van der Waals surface area contributed by atoms with Gasteiger partial charge in [0.1, 0.15) is 4.21 Å². The summed E-state index contributed by atoms with van der Waals surface area (Å²) in [4.78, 5) is 17.0. The van der Waals surface area contributed by atoms with Gasteiger partial charge in [-0.15, -0.1) is 11.3 Å². The molecule has 0 aliphatic rings. The van der Waals surface area contributed by atoms with Crippen molar-refractivity contribution < 1.29 is 13.2 Å². The van der Waals surface area contributed by atoms with Crippen LogP contribution in [0, 0.1) is 0 Å². The van der Waals surface area contributed by atoms with E-state index in [1.54, 1.807) is 17.5 Å². The lowest BCUT2D eigenvalue weighted by Gasteiger charge is -2.07. The number of pyridine rings is 1. The van der Waals surface area contributed by atoms with Crippen LogP contribution in [0.25, 0.3) is 40.3 Å². The minimum absolute atomic E-state index is 0.0922. The van der Waals surface area contributed by atoms with E-state index in [0.717, 1.165) is 50.2 Å². The van der Waals surface area contributed by atoms with E-state index >= 15 is 0 Å². The van der Waals surface area contributed by atoms with Gasteiger partial charge in [0.15, 0.2) is 0 Å². The number of halogens is 1. The molecule has 188 valence electrons. The van der Waals surface area contributed by atoms with Gasteiger partial charge >= 0.3 is 0 Å². The Morgan fingerprint density at radius 2 is 1.66 bits per heavy atom. The van der Waals surface area contributed by atoms with Gasteiger partial charge in [0.05, 0.1) is 11.2 Å². The number of hydrogen-bond acceptors (Lipinski definition) is 5. The summed E-state index contributed by atoms with van der Waals surface area (Å²) in [6.07, 6.45) is 6.78. The predicted octanol–water partition coefficient (Wildman–Crippen LogP) is 7.31. The Labute approximate surface area is 229 Å². The van der Waals surface area contributed by atoms with Gasteiger partial charge in [0.2, 0.25) is 0 Å². The average Bonchev–Trinajstić information content (AvgIpc) is 3.47. The number of carbonyl (C=O) groups excluding carboxylic acids is 1. The number of rotatable bonds is 7. The molecule has 8 heteroatoms. The topological polar surface area (TPSA) is 76.1 Å². The van der Waals surface area contributed by atoms with Crippen LogP contribution in [-0.2, 0) is 14.8 Å². The van der Waals surface area contributed by atoms with Crippen molar-refractivity contribution in [2.75, 3.05) is 0 Å². The van der Waals surface area contributed by atoms with Crippen molar-refractivity contribution in [1.29, 1.82) is 0 Å². The quantitative estimate of drug-likeness (QED) is 0.213. The molecule has 0 bridgehead atoms. The Bertz CT molecular complexity index is 1780. The molecule has 5 nitrogen and oxygen atoms in total. The zero-order chi connectivity index (χ0) is 26.5. The number of amides is 1. The van der Waals surface area contributed by atoms with Crippen molar-refractivity contribution in [3.8, 4) is 11.1 Å². The van der Waals surface area contributed by atoms with Gasteiger partial charge in [-0.05, 0) is 64.1 Å². The Hall–Kier alpha value is -4.04. The van der Waals surface area contributed by atoms with Crippen LogP contribution in [0.5, 0.6) is 0 Å². The zero-order valence-electron chi connectivity index (χ0n) is 19.9. The van der Waals surface area contributed by atoms with Crippen molar-refractivity contribution >= 4 is 68.0 Å². The number of hydrogen-bond donors (Lipinski definition) is 1. The van der Waals surface area contributed by atoms with Gasteiger partial charge in [-0.3, -0.25) is 4.79 Å². The van der Waals surface area contributed by atoms with E-state index < -0.39 is 15.9 Å². The van der Waals surface area contributed by atoms with Gasteiger partial charge in [-0.25, -0.2) is 18.1 Å². The van der Waals surface area contributed by atoms with Crippen LogP contribution in [0.2, 0.25) is 5.02 Å². The highest BCUT2D eigenvalue weighted by Crippen LogP contribution is 2.26. The molecular formula is C30H21ClN2O3S2. The summed E-state index contributed by atoms with van der Waals surface area (Å²) >= 11 is 7.14. The predicted molar refractivity (Wildman–Crippen MR) is 156 cm³/mol. The van der Waals surface area contributed by atoms with Crippen LogP contribution in [0.1, 0.15) is 16.8 Å². The SMILES string of the molecule is O=C(/C=C/c1ccccc1-c1ccc(/C=C/c2ccc3ccc(Cl)cc3n2)cc1)NS(=O)(=O)c1cccs1. The van der Waals surface area contributed by atoms with Crippen molar-refractivity contribution in [2.45, 2.75) is 4.21 Å². The smallest absolute Gasteiger partial charge is 0.269 e. The van der Waals surface area contributed by atoms with Gasteiger partial charge in [0, 0.05) is 16.5 Å². The minimum Gasteiger partial charge on any atom is -0.269 e. The van der Waals surface area contributed by atoms with Crippen LogP contribution in [-0.4, -0.2) is 19.3 Å². The summed E-state index contributed by atoms with van der Waals surface area (Å²) in [6, 6.07) is 28.3. The molecule has 0 radical (unpaired) electrons. The fraction of sp³-hybridized carbons (Fsp3) is 0. The van der Waals surface area contributed by atoms with Crippen LogP contribution < -0.4 is 4.72 Å². The van der Waals surface area contributed by atoms with E-state index in [0.29, 0.717) is 5.02 Å². The highest BCUT2D eigenvalue weighted by molar-refractivity contribution is 7.92. The molecule has 0 atom stereocenters. The second-order valence-electron chi connectivity index (χ2n) is 8.35. The maximum atomic E-state index is 12.3. The highest BCUT2D eigenvalue weighted by Gasteiger charge is 2.17. The second-order valence-corrected chi connectivity index (χ2v) is 11.6. The third kappa shape index (κ3) is 6.08. The zero-order valence-corrected chi connectivity index (χ0v) is 22.3. The van der Waals surface area contributed by atoms with E-state index in [4.69, 9.17) is 11.6 Å². The number of aromatic nitrogens is 1. The Morgan fingerprint density at radius 1 is 0.868 bits per heavy atom. The minimum atomic E-state index is -3.88. The van der Waals surface area contributed by atoms with Crippen LogP contribution >= 0.6 is 22.9 Å². The summed E-state index contributed by atoms with van der Waals surface area (Å²) < 4.78 is 26.7. The first kappa shape index (κ1) is 25.6. The second kappa shape index (κ2) is 11.1. The number of carbonyl (C=O) groups is 1. The van der Waals surface area contributed by atoms with E-state index in [1.165, 1.54) is 12.1 Å². The number of nitrogens with one attached hydrogen (secondary N) is 1. The molecule has 3 aromatic carbocycles. The van der Waals surface area contributed by atoms with Gasteiger partial charge in [-0.1, -0.05) is 84.4 Å². The first-order valence-corrected chi connectivity index (χ1v) is 14.3. The third-order valence-corrected chi connectivity index (χ3v) is 8.69. The van der Waals surface area contributed by atoms with Gasteiger partial charge in [-0.2, -0.15) is 0 Å². The third-order valence-electron chi connectivity index (χ3n) is 5.71. The van der Waals surface area contributed by atoms with Crippen molar-refractivity contribution in [3.05, 3.63) is 124 Å². The summed E-state index contributed by atoms with van der Waals surface area (Å²) in [6.45, 7) is 0. The molecular weight excluding hydrogens is 536 g/mol. The largest absolute Gasteiger partial charge is 0.273 e. The van der Waals surface area contributed by atoms with E-state index in [-0.39, 0.29) is 4.21 Å². The molecule has 0 aliphatic heterocycles.